The lowest BCUT2D eigenvalue weighted by atomic mass is 9.78. The minimum Gasteiger partial charge on any atom is -0.381 e. The van der Waals surface area contributed by atoms with E-state index in [1.165, 1.54) is 45.2 Å². The maximum Gasteiger partial charge on any atom is 0.0469 e. The molecule has 3 nitrogen and oxygen atoms in total. The first-order chi connectivity index (χ1) is 9.19. The van der Waals surface area contributed by atoms with Gasteiger partial charge in [-0.1, -0.05) is 6.92 Å². The smallest absolute Gasteiger partial charge is 0.0469 e. The summed E-state index contributed by atoms with van der Waals surface area (Å²) in [7, 11) is 4.44. The molecular weight excluding hydrogens is 236 g/mol. The van der Waals surface area contributed by atoms with E-state index in [1.807, 2.05) is 0 Å². The van der Waals surface area contributed by atoms with E-state index in [4.69, 9.17) is 4.74 Å². The Kier molecular flexibility index (Phi) is 6.11. The molecule has 1 saturated carbocycles. The summed E-state index contributed by atoms with van der Waals surface area (Å²) >= 11 is 0. The van der Waals surface area contributed by atoms with Crippen molar-refractivity contribution >= 4 is 0 Å². The summed E-state index contributed by atoms with van der Waals surface area (Å²) in [5, 5.41) is 3.54. The van der Waals surface area contributed by atoms with E-state index in [0.29, 0.717) is 0 Å². The quantitative estimate of drug-likeness (QED) is 0.828. The van der Waals surface area contributed by atoms with Crippen LogP contribution in [0, 0.1) is 17.8 Å². The van der Waals surface area contributed by atoms with Crippen LogP contribution in [0.25, 0.3) is 0 Å². The number of ether oxygens (including phenoxy) is 1. The van der Waals surface area contributed by atoms with Gasteiger partial charge < -0.3 is 15.0 Å². The van der Waals surface area contributed by atoms with Crippen LogP contribution in [0.3, 0.4) is 0 Å². The SMILES string of the molecule is CNC1CCC(C)CC1CN(C)CC1CCOCC1. The molecule has 2 fully saturated rings. The fraction of sp³-hybridized carbons (Fsp3) is 1.00. The Labute approximate surface area is 119 Å². The molecule has 19 heavy (non-hydrogen) atoms. The van der Waals surface area contributed by atoms with Crippen LogP contribution >= 0.6 is 0 Å². The molecule has 2 rings (SSSR count). The monoisotopic (exact) mass is 268 g/mol. The van der Waals surface area contributed by atoms with Gasteiger partial charge in [0.1, 0.15) is 0 Å². The van der Waals surface area contributed by atoms with Crippen LogP contribution in [0.5, 0.6) is 0 Å². The van der Waals surface area contributed by atoms with Gasteiger partial charge >= 0.3 is 0 Å². The van der Waals surface area contributed by atoms with Crippen molar-refractivity contribution in [2.75, 3.05) is 40.4 Å². The molecule has 3 heteroatoms. The van der Waals surface area contributed by atoms with E-state index in [-0.39, 0.29) is 0 Å². The molecule has 0 radical (unpaired) electrons. The van der Waals surface area contributed by atoms with Gasteiger partial charge in [0.15, 0.2) is 0 Å². The molecule has 0 aromatic rings. The molecule has 1 saturated heterocycles. The summed E-state index contributed by atoms with van der Waals surface area (Å²) in [5.74, 6) is 2.59. The van der Waals surface area contributed by atoms with Gasteiger partial charge in [0.2, 0.25) is 0 Å². The van der Waals surface area contributed by atoms with Crippen LogP contribution in [-0.4, -0.2) is 51.3 Å². The number of rotatable bonds is 5. The maximum atomic E-state index is 5.45. The molecule has 3 unspecified atom stereocenters. The lowest BCUT2D eigenvalue weighted by molar-refractivity contribution is 0.0512. The molecule has 0 bridgehead atoms. The van der Waals surface area contributed by atoms with Crippen LogP contribution in [0.15, 0.2) is 0 Å². The van der Waals surface area contributed by atoms with Crippen molar-refractivity contribution in [1.82, 2.24) is 10.2 Å². The second kappa shape index (κ2) is 7.61. The van der Waals surface area contributed by atoms with Crippen molar-refractivity contribution < 1.29 is 4.74 Å². The Morgan fingerprint density at radius 2 is 1.84 bits per heavy atom. The van der Waals surface area contributed by atoms with Crippen molar-refractivity contribution in [2.24, 2.45) is 17.8 Å². The standard InChI is InChI=1S/C16H32N2O/c1-13-4-5-16(17-2)15(10-13)12-18(3)11-14-6-8-19-9-7-14/h13-17H,4-12H2,1-3H3. The van der Waals surface area contributed by atoms with Crippen molar-refractivity contribution in [3.63, 3.8) is 0 Å². The van der Waals surface area contributed by atoms with E-state index in [2.05, 4.69) is 31.2 Å². The zero-order chi connectivity index (χ0) is 13.7. The summed E-state index contributed by atoms with van der Waals surface area (Å²) in [6, 6.07) is 0.730. The van der Waals surface area contributed by atoms with Crippen LogP contribution in [0.2, 0.25) is 0 Å². The molecule has 1 heterocycles. The molecule has 0 spiro atoms. The lowest BCUT2D eigenvalue weighted by Crippen LogP contribution is -2.44. The van der Waals surface area contributed by atoms with E-state index < -0.39 is 0 Å². The summed E-state index contributed by atoms with van der Waals surface area (Å²) < 4.78 is 5.45. The van der Waals surface area contributed by atoms with Crippen LogP contribution < -0.4 is 5.32 Å². The van der Waals surface area contributed by atoms with Crippen molar-refractivity contribution in [3.05, 3.63) is 0 Å². The Hall–Kier alpha value is -0.120. The third kappa shape index (κ3) is 4.73. The average molecular weight is 268 g/mol. The van der Waals surface area contributed by atoms with Gasteiger partial charge in [-0.05, 0) is 64.0 Å². The van der Waals surface area contributed by atoms with Crippen molar-refractivity contribution in [1.29, 1.82) is 0 Å². The molecule has 1 aliphatic heterocycles. The fourth-order valence-corrected chi connectivity index (χ4v) is 3.93. The highest BCUT2D eigenvalue weighted by Crippen LogP contribution is 2.29. The zero-order valence-electron chi connectivity index (χ0n) is 13.0. The molecule has 112 valence electrons. The summed E-state index contributed by atoms with van der Waals surface area (Å²) in [6.07, 6.45) is 6.64. The lowest BCUT2D eigenvalue weighted by Gasteiger charge is -2.38. The number of nitrogens with zero attached hydrogens (tertiary/aromatic N) is 1. The summed E-state index contributed by atoms with van der Waals surface area (Å²) in [6.45, 7) is 6.87. The van der Waals surface area contributed by atoms with E-state index in [1.54, 1.807) is 0 Å². The molecule has 0 aromatic heterocycles. The Morgan fingerprint density at radius 3 is 2.53 bits per heavy atom. The predicted molar refractivity (Wildman–Crippen MR) is 80.4 cm³/mol. The van der Waals surface area contributed by atoms with Gasteiger partial charge in [0, 0.05) is 32.3 Å². The Balaban J connectivity index is 1.77. The van der Waals surface area contributed by atoms with Crippen LogP contribution in [0.4, 0.5) is 0 Å². The Bertz CT molecular complexity index is 253. The highest BCUT2D eigenvalue weighted by molar-refractivity contribution is 4.84. The third-order valence-corrected chi connectivity index (χ3v) is 5.07. The normalized spacial score (nSPS) is 33.8. The highest BCUT2D eigenvalue weighted by Gasteiger charge is 2.28. The molecular formula is C16H32N2O. The maximum absolute atomic E-state index is 5.45. The first kappa shape index (κ1) is 15.3. The molecule has 1 N–H and O–H groups in total. The van der Waals surface area contributed by atoms with E-state index in [9.17, 15) is 0 Å². The van der Waals surface area contributed by atoms with Crippen molar-refractivity contribution in [3.8, 4) is 0 Å². The number of nitrogens with one attached hydrogen (secondary N) is 1. The van der Waals surface area contributed by atoms with Gasteiger partial charge in [0.05, 0.1) is 0 Å². The van der Waals surface area contributed by atoms with Crippen molar-refractivity contribution in [2.45, 2.75) is 45.1 Å². The highest BCUT2D eigenvalue weighted by atomic mass is 16.5. The molecule has 2 aliphatic rings. The fourth-order valence-electron chi connectivity index (χ4n) is 3.93. The van der Waals surface area contributed by atoms with Gasteiger partial charge in [-0.2, -0.15) is 0 Å². The van der Waals surface area contributed by atoms with E-state index in [0.717, 1.165) is 37.0 Å². The summed E-state index contributed by atoms with van der Waals surface area (Å²) in [5.41, 5.74) is 0. The second-order valence-electron chi connectivity index (χ2n) is 6.85. The molecule has 0 aromatic carbocycles. The molecule has 0 amide bonds. The minimum absolute atomic E-state index is 0.730. The van der Waals surface area contributed by atoms with Gasteiger partial charge in [0.25, 0.3) is 0 Å². The van der Waals surface area contributed by atoms with Gasteiger partial charge in [-0.3, -0.25) is 0 Å². The first-order valence-electron chi connectivity index (χ1n) is 8.12. The summed E-state index contributed by atoms with van der Waals surface area (Å²) in [4.78, 5) is 2.57. The third-order valence-electron chi connectivity index (χ3n) is 5.07. The van der Waals surface area contributed by atoms with E-state index >= 15 is 0 Å². The van der Waals surface area contributed by atoms with Crippen LogP contribution in [-0.2, 0) is 4.74 Å². The Morgan fingerprint density at radius 1 is 1.11 bits per heavy atom. The van der Waals surface area contributed by atoms with Gasteiger partial charge in [-0.25, -0.2) is 0 Å². The minimum atomic E-state index is 0.730. The first-order valence-corrected chi connectivity index (χ1v) is 8.12. The molecule has 1 aliphatic carbocycles. The van der Waals surface area contributed by atoms with Gasteiger partial charge in [-0.15, -0.1) is 0 Å². The number of hydrogen-bond donors (Lipinski definition) is 1. The second-order valence-corrected chi connectivity index (χ2v) is 6.85. The van der Waals surface area contributed by atoms with Crippen LogP contribution in [0.1, 0.15) is 39.0 Å². The predicted octanol–water partition coefficient (Wildman–Crippen LogP) is 2.37. The number of hydrogen-bond acceptors (Lipinski definition) is 3. The largest absolute Gasteiger partial charge is 0.381 e. The average Bonchev–Trinajstić information content (AvgIpc) is 2.40. The zero-order valence-corrected chi connectivity index (χ0v) is 13.0. The topological polar surface area (TPSA) is 24.5 Å². The molecule has 3 atom stereocenters.